The number of aliphatic imine (C=N–C) groups is 1. The largest absolute Gasteiger partial charge is 0.393 e. The van der Waals surface area contributed by atoms with Crippen molar-refractivity contribution in [3.8, 4) is 0 Å². The van der Waals surface area contributed by atoms with Crippen LogP contribution in [0.5, 0.6) is 0 Å². The van der Waals surface area contributed by atoms with Gasteiger partial charge in [0.15, 0.2) is 5.17 Å². The molecule has 3 atom stereocenters. The zero-order valence-electron chi connectivity index (χ0n) is 12.3. The minimum Gasteiger partial charge on any atom is -0.393 e. The van der Waals surface area contributed by atoms with E-state index in [0.717, 1.165) is 18.5 Å². The molecule has 0 saturated heterocycles. The van der Waals surface area contributed by atoms with Crippen LogP contribution < -0.4 is 11.1 Å². The average molecular weight is 299 g/mol. The molecule has 1 aliphatic rings. The highest BCUT2D eigenvalue weighted by Gasteiger charge is 2.31. The van der Waals surface area contributed by atoms with E-state index in [9.17, 15) is 10.2 Å². The number of allylic oxidation sites excluding steroid dienone is 1. The van der Waals surface area contributed by atoms with Gasteiger partial charge < -0.3 is 21.3 Å². The minimum atomic E-state index is -0.252. The lowest BCUT2D eigenvalue weighted by Gasteiger charge is -2.23. The number of nitrogens with zero attached hydrogens (tertiary/aromatic N) is 1. The molecule has 5 N–H and O–H groups in total. The van der Waals surface area contributed by atoms with Gasteiger partial charge in [-0.2, -0.15) is 0 Å². The Bertz CT molecular complexity index is 407. The molecule has 20 heavy (non-hydrogen) atoms. The summed E-state index contributed by atoms with van der Waals surface area (Å²) in [5.41, 5.74) is 7.17. The number of hydrogen-bond acceptors (Lipinski definition) is 5. The standard InChI is InChI=1S/C14H25N3O2S/c1-4-11(10(8-18)7-16-14(15)20-3)17-12-5-6-13(19)9(12)2/h4,7,9,12-13,17-19H,5-6,8H2,1-3H3,(H2,15,16)/b10-7-,11-4+/t9-,12-,13-/m1/s1. The third kappa shape index (κ3) is 4.54. The van der Waals surface area contributed by atoms with Crippen molar-refractivity contribution in [2.45, 2.75) is 38.8 Å². The second kappa shape index (κ2) is 8.34. The van der Waals surface area contributed by atoms with Crippen LogP contribution in [0.4, 0.5) is 0 Å². The molecule has 0 heterocycles. The van der Waals surface area contributed by atoms with Gasteiger partial charge in [-0.1, -0.05) is 24.8 Å². The Kier molecular flexibility index (Phi) is 7.12. The summed E-state index contributed by atoms with van der Waals surface area (Å²) in [6, 6.07) is 0.216. The van der Waals surface area contributed by atoms with Crippen molar-refractivity contribution in [1.29, 1.82) is 0 Å². The molecule has 0 radical (unpaired) electrons. The summed E-state index contributed by atoms with van der Waals surface area (Å²) in [5.74, 6) is 0.199. The van der Waals surface area contributed by atoms with Crippen LogP contribution in [0.1, 0.15) is 26.7 Å². The van der Waals surface area contributed by atoms with E-state index in [1.165, 1.54) is 11.8 Å². The summed E-state index contributed by atoms with van der Waals surface area (Å²) < 4.78 is 0. The van der Waals surface area contributed by atoms with Gasteiger partial charge in [0.2, 0.25) is 0 Å². The van der Waals surface area contributed by atoms with Crippen molar-refractivity contribution in [3.05, 3.63) is 23.5 Å². The van der Waals surface area contributed by atoms with Gasteiger partial charge in [0.1, 0.15) is 0 Å². The number of nitrogens with one attached hydrogen (secondary N) is 1. The fourth-order valence-corrected chi connectivity index (χ4v) is 2.46. The number of rotatable bonds is 5. The van der Waals surface area contributed by atoms with Crippen LogP contribution in [0, 0.1) is 5.92 Å². The van der Waals surface area contributed by atoms with E-state index >= 15 is 0 Å². The quantitative estimate of drug-likeness (QED) is 0.348. The predicted molar refractivity (Wildman–Crippen MR) is 85.4 cm³/mol. The number of amidine groups is 1. The first-order valence-electron chi connectivity index (χ1n) is 6.81. The van der Waals surface area contributed by atoms with E-state index in [2.05, 4.69) is 10.3 Å². The van der Waals surface area contributed by atoms with Crippen LogP contribution in [-0.2, 0) is 0 Å². The van der Waals surface area contributed by atoms with Crippen molar-refractivity contribution in [1.82, 2.24) is 5.32 Å². The Balaban J connectivity index is 2.79. The van der Waals surface area contributed by atoms with Crippen molar-refractivity contribution < 1.29 is 10.2 Å². The second-order valence-electron chi connectivity index (χ2n) is 4.94. The average Bonchev–Trinajstić information content (AvgIpc) is 2.77. The number of aliphatic hydroxyl groups excluding tert-OH is 2. The van der Waals surface area contributed by atoms with Gasteiger partial charge in [0.25, 0.3) is 0 Å². The summed E-state index contributed by atoms with van der Waals surface area (Å²) in [5, 5.41) is 23.1. The van der Waals surface area contributed by atoms with Crippen LogP contribution >= 0.6 is 11.8 Å². The van der Waals surface area contributed by atoms with Gasteiger partial charge in [0.05, 0.1) is 12.7 Å². The van der Waals surface area contributed by atoms with Gasteiger partial charge in [-0.15, -0.1) is 0 Å². The van der Waals surface area contributed by atoms with Crippen molar-refractivity contribution in [2.24, 2.45) is 16.6 Å². The number of hydrogen-bond donors (Lipinski definition) is 4. The van der Waals surface area contributed by atoms with E-state index in [-0.39, 0.29) is 24.7 Å². The Morgan fingerprint density at radius 2 is 2.20 bits per heavy atom. The van der Waals surface area contributed by atoms with Crippen LogP contribution in [-0.4, -0.2) is 40.4 Å². The maximum Gasteiger partial charge on any atom is 0.158 e. The molecule has 0 unspecified atom stereocenters. The second-order valence-corrected chi connectivity index (χ2v) is 5.77. The summed E-state index contributed by atoms with van der Waals surface area (Å²) in [4.78, 5) is 4.10. The third-order valence-electron chi connectivity index (χ3n) is 3.72. The number of aliphatic hydroxyl groups is 2. The molecule has 0 bridgehead atoms. The Morgan fingerprint density at radius 3 is 2.65 bits per heavy atom. The molecule has 114 valence electrons. The molecule has 6 heteroatoms. The molecule has 0 aromatic carbocycles. The van der Waals surface area contributed by atoms with E-state index < -0.39 is 0 Å². The summed E-state index contributed by atoms with van der Waals surface area (Å²) in [6.45, 7) is 3.83. The Hall–Kier alpha value is -0.980. The van der Waals surface area contributed by atoms with E-state index in [0.29, 0.717) is 10.7 Å². The first-order chi connectivity index (χ1) is 9.53. The molecule has 1 saturated carbocycles. The molecular weight excluding hydrogens is 274 g/mol. The molecule has 0 aromatic rings. The third-order valence-corrected chi connectivity index (χ3v) is 4.24. The fourth-order valence-electron chi connectivity index (χ4n) is 2.30. The van der Waals surface area contributed by atoms with E-state index in [1.807, 2.05) is 26.2 Å². The van der Waals surface area contributed by atoms with E-state index in [4.69, 9.17) is 5.73 Å². The summed E-state index contributed by atoms with van der Waals surface area (Å²) in [6.07, 6.45) is 6.83. The summed E-state index contributed by atoms with van der Waals surface area (Å²) in [7, 11) is 0. The van der Waals surface area contributed by atoms with Crippen molar-refractivity contribution >= 4 is 16.9 Å². The molecule has 1 fully saturated rings. The van der Waals surface area contributed by atoms with Gasteiger partial charge in [-0.25, -0.2) is 4.99 Å². The maximum atomic E-state index is 9.79. The number of thioether (sulfide) groups is 1. The molecular formula is C14H25N3O2S. The zero-order valence-corrected chi connectivity index (χ0v) is 13.2. The molecule has 1 aliphatic carbocycles. The highest BCUT2D eigenvalue weighted by molar-refractivity contribution is 8.13. The minimum absolute atomic E-state index is 0.110. The predicted octanol–water partition coefficient (Wildman–Crippen LogP) is 1.19. The lowest BCUT2D eigenvalue weighted by Crippen LogP contribution is -2.34. The van der Waals surface area contributed by atoms with Gasteiger partial charge in [0, 0.05) is 29.4 Å². The van der Waals surface area contributed by atoms with Gasteiger partial charge >= 0.3 is 0 Å². The van der Waals surface area contributed by atoms with Crippen molar-refractivity contribution in [2.75, 3.05) is 12.9 Å². The van der Waals surface area contributed by atoms with Crippen LogP contribution in [0.15, 0.2) is 28.5 Å². The topological polar surface area (TPSA) is 90.9 Å². The van der Waals surface area contributed by atoms with Gasteiger partial charge in [-0.3, -0.25) is 0 Å². The monoisotopic (exact) mass is 299 g/mol. The molecule has 5 nitrogen and oxygen atoms in total. The Morgan fingerprint density at radius 1 is 1.50 bits per heavy atom. The smallest absolute Gasteiger partial charge is 0.158 e. The highest BCUT2D eigenvalue weighted by Crippen LogP contribution is 2.27. The molecule has 0 amide bonds. The SMILES string of the molecule is C/C=C(N[C@@H]1CC[C@@H](O)[C@@H]1C)\C(=C/N=C(N)SC)CO. The van der Waals surface area contributed by atoms with E-state index in [1.54, 1.807) is 6.20 Å². The van der Waals surface area contributed by atoms with Crippen LogP contribution in [0.25, 0.3) is 0 Å². The highest BCUT2D eigenvalue weighted by atomic mass is 32.2. The maximum absolute atomic E-state index is 9.79. The van der Waals surface area contributed by atoms with Crippen LogP contribution in [0.3, 0.4) is 0 Å². The first-order valence-corrected chi connectivity index (χ1v) is 8.04. The molecule has 0 aromatic heterocycles. The van der Waals surface area contributed by atoms with Gasteiger partial charge in [-0.05, 0) is 26.0 Å². The van der Waals surface area contributed by atoms with Crippen LogP contribution in [0.2, 0.25) is 0 Å². The zero-order chi connectivity index (χ0) is 15.1. The van der Waals surface area contributed by atoms with Crippen molar-refractivity contribution in [3.63, 3.8) is 0 Å². The fraction of sp³-hybridized carbons (Fsp3) is 0.643. The first kappa shape index (κ1) is 17.1. The number of nitrogens with two attached hydrogens (primary N) is 1. The lowest BCUT2D eigenvalue weighted by atomic mass is 10.0. The normalized spacial score (nSPS) is 28.9. The summed E-state index contributed by atoms with van der Waals surface area (Å²) >= 11 is 1.36. The molecule has 1 rings (SSSR count). The Labute approximate surface area is 125 Å². The molecule has 0 spiro atoms. The lowest BCUT2D eigenvalue weighted by molar-refractivity contribution is 0.134. The molecule has 0 aliphatic heterocycles.